The minimum atomic E-state index is -3.63. The van der Waals surface area contributed by atoms with Crippen molar-refractivity contribution in [2.45, 2.75) is 39.8 Å². The van der Waals surface area contributed by atoms with Crippen LogP contribution >= 0.6 is 0 Å². The van der Waals surface area contributed by atoms with Crippen LogP contribution < -0.4 is 14.4 Å². The number of ether oxygens (including phenoxy) is 1. The number of furan rings is 1. The lowest BCUT2D eigenvalue weighted by molar-refractivity contribution is 0.0964. The van der Waals surface area contributed by atoms with Crippen LogP contribution in [-0.2, 0) is 10.0 Å². The molecular weight excluding hydrogens is 435 g/mol. The van der Waals surface area contributed by atoms with Gasteiger partial charge in [0.2, 0.25) is 10.0 Å². The molecule has 0 radical (unpaired) electrons. The van der Waals surface area contributed by atoms with Crippen molar-refractivity contribution < 1.29 is 26.8 Å². The highest BCUT2D eigenvalue weighted by atomic mass is 32.2. The Morgan fingerprint density at radius 3 is 2.25 bits per heavy atom. The van der Waals surface area contributed by atoms with Gasteiger partial charge in [-0.2, -0.15) is 0 Å². The maximum atomic E-state index is 13.4. The molecule has 7 nitrogen and oxygen atoms in total. The van der Waals surface area contributed by atoms with Crippen molar-refractivity contribution in [2.24, 2.45) is 0 Å². The van der Waals surface area contributed by atoms with Gasteiger partial charge in [-0.15, -0.1) is 0 Å². The summed E-state index contributed by atoms with van der Waals surface area (Å²) < 4.78 is 51.8. The fourth-order valence-electron chi connectivity index (χ4n) is 3.63. The smallest absolute Gasteiger partial charge is 0.255 e. The minimum absolute atomic E-state index is 0.244. The van der Waals surface area contributed by atoms with Gasteiger partial charge < -0.3 is 14.5 Å². The normalized spacial score (nSPS) is 11.9. The molecule has 0 saturated carbocycles. The molecule has 0 atom stereocenters. The van der Waals surface area contributed by atoms with Crippen LogP contribution in [0.15, 0.2) is 40.8 Å². The van der Waals surface area contributed by atoms with Crippen molar-refractivity contribution in [1.29, 1.82) is 0 Å². The number of amides is 1. The number of halogens is 1. The zero-order valence-corrected chi connectivity index (χ0v) is 19.7. The minimum Gasteiger partial charge on any atom is -0.489 e. The second kappa shape index (κ2) is 8.82. The number of nitrogens with one attached hydrogen (secondary N) is 1. The Hall–Kier alpha value is -3.07. The van der Waals surface area contributed by atoms with E-state index in [9.17, 15) is 17.6 Å². The first-order valence-electron chi connectivity index (χ1n) is 10.2. The number of anilines is 1. The maximum Gasteiger partial charge on any atom is 0.255 e. The summed E-state index contributed by atoms with van der Waals surface area (Å²) in [4.78, 5) is 12.8. The third kappa shape index (κ3) is 4.57. The number of carbonyl (C=O) groups excluding carboxylic acids is 1. The molecule has 3 aromatic rings. The zero-order valence-electron chi connectivity index (χ0n) is 18.9. The maximum absolute atomic E-state index is 13.4. The van der Waals surface area contributed by atoms with Gasteiger partial charge in [0.15, 0.2) is 0 Å². The summed E-state index contributed by atoms with van der Waals surface area (Å²) in [7, 11) is -2.14. The van der Waals surface area contributed by atoms with E-state index >= 15 is 0 Å². The quantitative estimate of drug-likeness (QED) is 0.556. The lowest BCUT2D eigenvalue weighted by atomic mass is 10.0. The van der Waals surface area contributed by atoms with Crippen molar-refractivity contribution in [3.8, 4) is 17.1 Å². The highest BCUT2D eigenvalue weighted by molar-refractivity contribution is 7.92. The Bertz CT molecular complexity index is 1250. The summed E-state index contributed by atoms with van der Waals surface area (Å²) in [6.45, 7) is 7.17. The highest BCUT2D eigenvalue weighted by Gasteiger charge is 2.29. The summed E-state index contributed by atoms with van der Waals surface area (Å²) in [5.74, 6) is -0.247. The van der Waals surface area contributed by atoms with Crippen LogP contribution in [0.5, 0.6) is 5.75 Å². The van der Waals surface area contributed by atoms with Gasteiger partial charge in [0, 0.05) is 30.1 Å². The first kappa shape index (κ1) is 23.6. The number of rotatable bonds is 7. The lowest BCUT2D eigenvalue weighted by Gasteiger charge is -2.28. The number of nitrogens with zero attached hydrogens (tertiary/aromatic N) is 1. The monoisotopic (exact) mass is 462 g/mol. The van der Waals surface area contributed by atoms with E-state index in [0.717, 1.165) is 6.26 Å². The van der Waals surface area contributed by atoms with Crippen LogP contribution in [0.25, 0.3) is 22.3 Å². The number of fused-ring (bicyclic) bond motifs is 1. The van der Waals surface area contributed by atoms with Crippen molar-refractivity contribution in [3.63, 3.8) is 0 Å². The fourth-order valence-corrected chi connectivity index (χ4v) is 4.89. The molecule has 1 heterocycles. The van der Waals surface area contributed by atoms with Gasteiger partial charge in [-0.1, -0.05) is 0 Å². The van der Waals surface area contributed by atoms with E-state index in [4.69, 9.17) is 9.15 Å². The molecule has 32 heavy (non-hydrogen) atoms. The largest absolute Gasteiger partial charge is 0.489 e. The van der Waals surface area contributed by atoms with Gasteiger partial charge in [-0.25, -0.2) is 12.8 Å². The van der Waals surface area contributed by atoms with Gasteiger partial charge in [0.1, 0.15) is 22.9 Å². The van der Waals surface area contributed by atoms with Gasteiger partial charge in [-0.3, -0.25) is 9.10 Å². The predicted octanol–water partition coefficient (Wildman–Crippen LogP) is 4.56. The Labute approximate surface area is 187 Å². The molecular formula is C23H27FN2O5S. The Morgan fingerprint density at radius 1 is 1.12 bits per heavy atom. The molecule has 0 bridgehead atoms. The number of hydrogen-bond acceptors (Lipinski definition) is 5. The van der Waals surface area contributed by atoms with Crippen LogP contribution in [0.1, 0.15) is 38.1 Å². The number of carbonyl (C=O) groups is 1. The summed E-state index contributed by atoms with van der Waals surface area (Å²) in [5.41, 5.74) is 1.39. The van der Waals surface area contributed by atoms with Gasteiger partial charge in [0.25, 0.3) is 5.91 Å². The Morgan fingerprint density at radius 2 is 1.75 bits per heavy atom. The molecule has 9 heteroatoms. The first-order chi connectivity index (χ1) is 14.9. The summed E-state index contributed by atoms with van der Waals surface area (Å²) in [6, 6.07) is 8.38. The standard InChI is InChI=1S/C23H27FN2O5S/c1-13(2)26(32(6,28)29)18-12-19-17(11-20(18)30-14(3)4)21(23(27)25-5)22(31-19)15-7-9-16(24)10-8-15/h7-14H,1-6H3,(H,25,27). The van der Waals surface area contributed by atoms with Crippen molar-refractivity contribution in [3.05, 3.63) is 47.8 Å². The zero-order chi connectivity index (χ0) is 23.8. The molecule has 3 rings (SSSR count). The van der Waals surface area contributed by atoms with Crippen LogP contribution in [0.4, 0.5) is 10.1 Å². The second-order valence-corrected chi connectivity index (χ2v) is 9.89. The summed E-state index contributed by atoms with van der Waals surface area (Å²) in [6.07, 6.45) is 0.880. The van der Waals surface area contributed by atoms with E-state index in [1.807, 2.05) is 13.8 Å². The van der Waals surface area contributed by atoms with E-state index in [1.54, 1.807) is 26.0 Å². The molecule has 1 N–H and O–H groups in total. The molecule has 0 aliphatic rings. The van der Waals surface area contributed by atoms with Gasteiger partial charge in [0.05, 0.1) is 23.6 Å². The van der Waals surface area contributed by atoms with E-state index in [1.165, 1.54) is 35.6 Å². The number of benzene rings is 2. The highest BCUT2D eigenvalue weighted by Crippen LogP contribution is 2.42. The molecule has 0 saturated heterocycles. The second-order valence-electron chi connectivity index (χ2n) is 8.03. The van der Waals surface area contributed by atoms with Crippen LogP contribution in [-0.4, -0.2) is 39.8 Å². The van der Waals surface area contributed by atoms with Crippen molar-refractivity contribution in [1.82, 2.24) is 5.32 Å². The van der Waals surface area contributed by atoms with E-state index < -0.39 is 21.7 Å². The summed E-state index contributed by atoms with van der Waals surface area (Å²) >= 11 is 0. The van der Waals surface area contributed by atoms with Crippen LogP contribution in [0.2, 0.25) is 0 Å². The topological polar surface area (TPSA) is 88.9 Å². The molecule has 172 valence electrons. The molecule has 0 aliphatic carbocycles. The predicted molar refractivity (Wildman–Crippen MR) is 123 cm³/mol. The van der Waals surface area contributed by atoms with Gasteiger partial charge in [-0.05, 0) is 58.0 Å². The van der Waals surface area contributed by atoms with E-state index in [-0.39, 0.29) is 23.5 Å². The molecule has 0 spiro atoms. The SMILES string of the molecule is CNC(=O)c1c(-c2ccc(F)cc2)oc2cc(N(C(C)C)S(C)(=O)=O)c(OC(C)C)cc12. The lowest BCUT2D eigenvalue weighted by Crippen LogP contribution is -2.36. The Kier molecular flexibility index (Phi) is 6.50. The van der Waals surface area contributed by atoms with Crippen LogP contribution in [0, 0.1) is 5.82 Å². The third-order valence-corrected chi connectivity index (χ3v) is 6.09. The molecule has 0 aliphatic heterocycles. The number of hydrogen-bond donors (Lipinski definition) is 1. The summed E-state index contributed by atoms with van der Waals surface area (Å²) in [5, 5.41) is 3.06. The Balaban J connectivity index is 2.38. The third-order valence-electron chi connectivity index (χ3n) is 4.76. The average molecular weight is 463 g/mol. The van der Waals surface area contributed by atoms with E-state index in [0.29, 0.717) is 28.0 Å². The van der Waals surface area contributed by atoms with E-state index in [2.05, 4.69) is 5.32 Å². The average Bonchev–Trinajstić information content (AvgIpc) is 3.04. The van der Waals surface area contributed by atoms with Gasteiger partial charge >= 0.3 is 0 Å². The van der Waals surface area contributed by atoms with Crippen molar-refractivity contribution in [2.75, 3.05) is 17.6 Å². The molecule has 2 aromatic carbocycles. The molecule has 0 unspecified atom stereocenters. The molecule has 1 aromatic heterocycles. The molecule has 1 amide bonds. The first-order valence-corrected chi connectivity index (χ1v) is 12.0. The number of sulfonamides is 1. The molecule has 0 fully saturated rings. The fraction of sp³-hybridized carbons (Fsp3) is 0.348. The van der Waals surface area contributed by atoms with Crippen LogP contribution in [0.3, 0.4) is 0 Å². The van der Waals surface area contributed by atoms with Crippen molar-refractivity contribution >= 4 is 32.6 Å².